The van der Waals surface area contributed by atoms with Gasteiger partial charge in [-0.1, -0.05) is 15.9 Å². The molecule has 4 nitrogen and oxygen atoms in total. The molecule has 23 heavy (non-hydrogen) atoms. The standard InChI is InChI=1S/C18H18BrNO3/c19-13-3-7-16(8-4-13)23-17-9-5-14(6-10-17)20-11-1-2-15(20)12-18(21)22/h3-10,15H,1-2,11-12H2,(H,21,22). The van der Waals surface area contributed by atoms with Crippen molar-refractivity contribution in [1.29, 1.82) is 0 Å². The lowest BCUT2D eigenvalue weighted by atomic mass is 10.1. The van der Waals surface area contributed by atoms with Gasteiger partial charge in [-0.25, -0.2) is 0 Å². The largest absolute Gasteiger partial charge is 0.481 e. The molecule has 0 spiro atoms. The van der Waals surface area contributed by atoms with Crippen LogP contribution in [0.15, 0.2) is 53.0 Å². The van der Waals surface area contributed by atoms with Crippen LogP contribution < -0.4 is 9.64 Å². The summed E-state index contributed by atoms with van der Waals surface area (Å²) >= 11 is 3.40. The van der Waals surface area contributed by atoms with E-state index >= 15 is 0 Å². The first-order valence-corrected chi connectivity index (χ1v) is 8.43. The zero-order valence-corrected chi connectivity index (χ0v) is 14.2. The normalized spacial score (nSPS) is 17.3. The van der Waals surface area contributed by atoms with Crippen LogP contribution >= 0.6 is 15.9 Å². The molecule has 2 aromatic carbocycles. The van der Waals surface area contributed by atoms with Gasteiger partial charge in [-0.15, -0.1) is 0 Å². The van der Waals surface area contributed by atoms with E-state index in [1.54, 1.807) is 0 Å². The number of benzene rings is 2. The summed E-state index contributed by atoms with van der Waals surface area (Å²) in [6.45, 7) is 0.908. The maximum Gasteiger partial charge on any atom is 0.305 e. The van der Waals surface area contributed by atoms with Gasteiger partial charge in [-0.05, 0) is 61.4 Å². The Hall–Kier alpha value is -2.01. The Morgan fingerprint density at radius 2 is 1.74 bits per heavy atom. The number of ether oxygens (including phenoxy) is 1. The maximum absolute atomic E-state index is 11.0. The lowest BCUT2D eigenvalue weighted by molar-refractivity contribution is -0.137. The molecular formula is C18H18BrNO3. The fourth-order valence-corrected chi connectivity index (χ4v) is 3.20. The van der Waals surface area contributed by atoms with Gasteiger partial charge in [0.1, 0.15) is 11.5 Å². The summed E-state index contributed by atoms with van der Waals surface area (Å²) in [5.74, 6) is 0.813. The van der Waals surface area contributed by atoms with Crippen LogP contribution in [0.1, 0.15) is 19.3 Å². The predicted octanol–water partition coefficient (Wildman–Crippen LogP) is 4.68. The zero-order chi connectivity index (χ0) is 16.2. The minimum Gasteiger partial charge on any atom is -0.481 e. The number of nitrogens with zero attached hydrogens (tertiary/aromatic N) is 1. The fraction of sp³-hybridized carbons (Fsp3) is 0.278. The van der Waals surface area contributed by atoms with Crippen LogP contribution in [0.25, 0.3) is 0 Å². The highest BCUT2D eigenvalue weighted by molar-refractivity contribution is 9.10. The van der Waals surface area contributed by atoms with Crippen molar-refractivity contribution in [2.75, 3.05) is 11.4 Å². The number of halogens is 1. The molecule has 0 radical (unpaired) electrons. The monoisotopic (exact) mass is 375 g/mol. The Morgan fingerprint density at radius 1 is 1.13 bits per heavy atom. The van der Waals surface area contributed by atoms with Crippen molar-refractivity contribution in [3.63, 3.8) is 0 Å². The van der Waals surface area contributed by atoms with E-state index in [4.69, 9.17) is 9.84 Å². The van der Waals surface area contributed by atoms with E-state index in [0.29, 0.717) is 0 Å². The number of carboxylic acids is 1. The van der Waals surface area contributed by atoms with Crippen LogP contribution in [0, 0.1) is 0 Å². The molecular weight excluding hydrogens is 358 g/mol. The van der Waals surface area contributed by atoms with Gasteiger partial charge in [0, 0.05) is 22.7 Å². The number of anilines is 1. The Morgan fingerprint density at radius 3 is 2.35 bits per heavy atom. The maximum atomic E-state index is 11.0. The van der Waals surface area contributed by atoms with Crippen LogP contribution in [-0.4, -0.2) is 23.7 Å². The van der Waals surface area contributed by atoms with Crippen molar-refractivity contribution in [3.8, 4) is 11.5 Å². The number of hydrogen-bond donors (Lipinski definition) is 1. The second-order valence-corrected chi connectivity index (χ2v) is 6.55. The molecule has 0 aliphatic carbocycles. The van der Waals surface area contributed by atoms with Crippen molar-refractivity contribution < 1.29 is 14.6 Å². The Kier molecular flexibility index (Phi) is 4.86. The molecule has 1 saturated heterocycles. The van der Waals surface area contributed by atoms with Crippen LogP contribution in [0.5, 0.6) is 11.5 Å². The third-order valence-electron chi connectivity index (χ3n) is 4.01. The molecule has 1 fully saturated rings. The molecule has 1 heterocycles. The summed E-state index contributed by atoms with van der Waals surface area (Å²) in [6.07, 6.45) is 2.16. The first-order valence-electron chi connectivity index (χ1n) is 7.64. The minimum atomic E-state index is -0.739. The van der Waals surface area contributed by atoms with Crippen molar-refractivity contribution in [1.82, 2.24) is 0 Å². The third-order valence-corrected chi connectivity index (χ3v) is 4.53. The smallest absolute Gasteiger partial charge is 0.305 e. The molecule has 2 aromatic rings. The lowest BCUT2D eigenvalue weighted by Gasteiger charge is -2.25. The van der Waals surface area contributed by atoms with Gasteiger partial charge < -0.3 is 14.7 Å². The molecule has 0 amide bonds. The average Bonchev–Trinajstić information content (AvgIpc) is 2.98. The summed E-state index contributed by atoms with van der Waals surface area (Å²) in [5.41, 5.74) is 1.05. The van der Waals surface area contributed by atoms with Crippen LogP contribution in [-0.2, 0) is 4.79 Å². The molecule has 1 N–H and O–H groups in total. The van der Waals surface area contributed by atoms with Gasteiger partial charge in [0.2, 0.25) is 0 Å². The average molecular weight is 376 g/mol. The van der Waals surface area contributed by atoms with E-state index < -0.39 is 5.97 Å². The molecule has 1 aliphatic rings. The molecule has 0 saturated carbocycles. The van der Waals surface area contributed by atoms with Crippen LogP contribution in [0.2, 0.25) is 0 Å². The number of aliphatic carboxylic acids is 1. The lowest BCUT2D eigenvalue weighted by Crippen LogP contribution is -2.31. The summed E-state index contributed by atoms with van der Waals surface area (Å²) in [6, 6.07) is 15.6. The first kappa shape index (κ1) is 15.9. The highest BCUT2D eigenvalue weighted by atomic mass is 79.9. The molecule has 1 aliphatic heterocycles. The number of rotatable bonds is 5. The highest BCUT2D eigenvalue weighted by Gasteiger charge is 2.26. The summed E-state index contributed by atoms with van der Waals surface area (Å²) in [5, 5.41) is 9.02. The van der Waals surface area contributed by atoms with Gasteiger partial charge >= 0.3 is 5.97 Å². The van der Waals surface area contributed by atoms with E-state index in [-0.39, 0.29) is 12.5 Å². The molecule has 1 unspecified atom stereocenters. The Bertz CT molecular complexity index is 670. The van der Waals surface area contributed by atoms with E-state index in [0.717, 1.165) is 41.0 Å². The van der Waals surface area contributed by atoms with Gasteiger partial charge in [0.05, 0.1) is 6.42 Å². The van der Waals surface area contributed by atoms with E-state index in [1.807, 2.05) is 48.5 Å². The summed E-state index contributed by atoms with van der Waals surface area (Å²) < 4.78 is 6.82. The minimum absolute atomic E-state index is 0.0886. The summed E-state index contributed by atoms with van der Waals surface area (Å²) in [7, 11) is 0. The van der Waals surface area contributed by atoms with Gasteiger partial charge in [-0.2, -0.15) is 0 Å². The molecule has 1 atom stereocenters. The second kappa shape index (κ2) is 7.04. The molecule has 120 valence electrons. The third kappa shape index (κ3) is 4.05. The number of carbonyl (C=O) groups is 1. The van der Waals surface area contributed by atoms with Gasteiger partial charge in [0.15, 0.2) is 0 Å². The van der Waals surface area contributed by atoms with Crippen molar-refractivity contribution >= 4 is 27.6 Å². The predicted molar refractivity (Wildman–Crippen MR) is 93.3 cm³/mol. The second-order valence-electron chi connectivity index (χ2n) is 5.64. The van der Waals surface area contributed by atoms with Gasteiger partial charge in [-0.3, -0.25) is 4.79 Å². The number of hydrogen-bond acceptors (Lipinski definition) is 3. The molecule has 0 bridgehead atoms. The van der Waals surface area contributed by atoms with E-state index in [2.05, 4.69) is 20.8 Å². The fourth-order valence-electron chi connectivity index (χ4n) is 2.93. The topological polar surface area (TPSA) is 49.8 Å². The molecule has 5 heteroatoms. The number of carboxylic acid groups (broad SMARTS) is 1. The van der Waals surface area contributed by atoms with Crippen LogP contribution in [0.3, 0.4) is 0 Å². The molecule has 0 aromatic heterocycles. The first-order chi connectivity index (χ1) is 11.1. The highest BCUT2D eigenvalue weighted by Crippen LogP contribution is 2.30. The Labute approximate surface area is 143 Å². The molecule has 3 rings (SSSR count). The SMILES string of the molecule is O=C(O)CC1CCCN1c1ccc(Oc2ccc(Br)cc2)cc1. The van der Waals surface area contributed by atoms with E-state index in [9.17, 15) is 4.79 Å². The van der Waals surface area contributed by atoms with Gasteiger partial charge in [0.25, 0.3) is 0 Å². The van der Waals surface area contributed by atoms with Crippen molar-refractivity contribution in [3.05, 3.63) is 53.0 Å². The quantitative estimate of drug-likeness (QED) is 0.823. The Balaban J connectivity index is 1.69. The van der Waals surface area contributed by atoms with Crippen molar-refractivity contribution in [2.24, 2.45) is 0 Å². The van der Waals surface area contributed by atoms with Crippen molar-refractivity contribution in [2.45, 2.75) is 25.3 Å². The zero-order valence-electron chi connectivity index (χ0n) is 12.6. The van der Waals surface area contributed by atoms with Crippen LogP contribution in [0.4, 0.5) is 5.69 Å². The van der Waals surface area contributed by atoms with E-state index in [1.165, 1.54) is 0 Å². The summed E-state index contributed by atoms with van der Waals surface area (Å²) in [4.78, 5) is 13.1.